The molecule has 166 valence electrons. The van der Waals surface area contributed by atoms with Gasteiger partial charge in [0.15, 0.2) is 0 Å². The second-order valence-corrected chi connectivity index (χ2v) is 11.5. The molecule has 0 aromatic heterocycles. The van der Waals surface area contributed by atoms with Crippen LogP contribution in [0.4, 0.5) is 0 Å². The van der Waals surface area contributed by atoms with Gasteiger partial charge in [0.05, 0.1) is 5.92 Å². The van der Waals surface area contributed by atoms with Crippen LogP contribution in [0.5, 0.6) is 0 Å². The van der Waals surface area contributed by atoms with Gasteiger partial charge in [-0.1, -0.05) is 76.2 Å². The van der Waals surface area contributed by atoms with Crippen LogP contribution in [0.15, 0.2) is 48.6 Å². The summed E-state index contributed by atoms with van der Waals surface area (Å²) in [4.78, 5) is 24.1. The summed E-state index contributed by atoms with van der Waals surface area (Å²) in [5.74, 6) is -0.193. The van der Waals surface area contributed by atoms with E-state index in [4.69, 9.17) is 0 Å². The van der Waals surface area contributed by atoms with Gasteiger partial charge >= 0.3 is 0 Å². The maximum Gasteiger partial charge on any atom is 0.144 e. The molecule has 0 aliphatic heterocycles. The lowest BCUT2D eigenvalue weighted by molar-refractivity contribution is -0.127. The Balaban J connectivity index is 1.49. The molecule has 2 aromatic rings. The molecule has 0 amide bonds. The van der Waals surface area contributed by atoms with Crippen LogP contribution in [0.25, 0.3) is 0 Å². The van der Waals surface area contributed by atoms with Crippen LogP contribution in [-0.2, 0) is 32.3 Å². The molecule has 0 spiro atoms. The molecule has 0 unspecified atom stereocenters. The van der Waals surface area contributed by atoms with E-state index in [1.807, 2.05) is 0 Å². The van der Waals surface area contributed by atoms with Crippen LogP contribution >= 0.6 is 0 Å². The molecule has 32 heavy (non-hydrogen) atoms. The first-order valence-electron chi connectivity index (χ1n) is 12.0. The number of fused-ring (bicyclic) bond motifs is 1. The standard InChI is InChI=1S/C30H34O2/c1-19-16-24-25(29(4,5)13-12-28(24,2)3)18-23(19)30(14-15-30)21-8-6-20(7-9-21)17-22-26(31)10-11-27(22)32/h6-9,12-13,16,18,22H,10-11,14-15,17H2,1-5H3. The van der Waals surface area contributed by atoms with Crippen LogP contribution in [0.3, 0.4) is 0 Å². The van der Waals surface area contributed by atoms with E-state index in [1.165, 1.54) is 40.7 Å². The van der Waals surface area contributed by atoms with Gasteiger partial charge < -0.3 is 0 Å². The van der Waals surface area contributed by atoms with Gasteiger partial charge in [0.1, 0.15) is 11.6 Å². The summed E-state index contributed by atoms with van der Waals surface area (Å²) >= 11 is 0. The maximum absolute atomic E-state index is 12.0. The normalized spacial score (nSPS) is 22.8. The molecule has 0 N–H and O–H groups in total. The van der Waals surface area contributed by atoms with Gasteiger partial charge in [-0.2, -0.15) is 0 Å². The Labute approximate surface area is 192 Å². The number of benzene rings is 2. The van der Waals surface area contributed by atoms with E-state index in [0.29, 0.717) is 19.3 Å². The molecule has 0 heterocycles. The van der Waals surface area contributed by atoms with Crippen LogP contribution in [0.1, 0.15) is 86.8 Å². The predicted octanol–water partition coefficient (Wildman–Crippen LogP) is 6.29. The molecule has 2 nitrogen and oxygen atoms in total. The lowest BCUT2D eigenvalue weighted by atomic mass is 9.66. The quantitative estimate of drug-likeness (QED) is 0.425. The largest absolute Gasteiger partial charge is 0.299 e. The van der Waals surface area contributed by atoms with Crippen molar-refractivity contribution in [3.05, 3.63) is 81.9 Å². The number of allylic oxidation sites excluding steroid dienone is 2. The first-order valence-corrected chi connectivity index (χ1v) is 12.0. The molecular weight excluding hydrogens is 392 g/mol. The van der Waals surface area contributed by atoms with Crippen LogP contribution in [0.2, 0.25) is 0 Å². The van der Waals surface area contributed by atoms with E-state index in [0.717, 1.165) is 5.56 Å². The number of ketones is 2. The minimum atomic E-state index is -0.419. The maximum atomic E-state index is 12.0. The van der Waals surface area contributed by atoms with Crippen molar-refractivity contribution in [2.75, 3.05) is 0 Å². The monoisotopic (exact) mass is 426 g/mol. The van der Waals surface area contributed by atoms with Crippen molar-refractivity contribution in [2.24, 2.45) is 5.92 Å². The summed E-state index contributed by atoms with van der Waals surface area (Å²) < 4.78 is 0. The highest BCUT2D eigenvalue weighted by Crippen LogP contribution is 2.56. The van der Waals surface area contributed by atoms with Crippen molar-refractivity contribution < 1.29 is 9.59 Å². The number of aryl methyl sites for hydroxylation is 1. The molecule has 0 bridgehead atoms. The van der Waals surface area contributed by atoms with E-state index in [1.54, 1.807) is 0 Å². The first kappa shape index (κ1) is 21.4. The Kier molecular flexibility index (Phi) is 4.68. The van der Waals surface area contributed by atoms with Gasteiger partial charge in [0.2, 0.25) is 0 Å². The van der Waals surface area contributed by atoms with Crippen molar-refractivity contribution in [1.29, 1.82) is 0 Å². The van der Waals surface area contributed by atoms with Gasteiger partial charge in [-0.3, -0.25) is 9.59 Å². The topological polar surface area (TPSA) is 34.1 Å². The Bertz CT molecular complexity index is 1120. The number of rotatable bonds is 4. The van der Waals surface area contributed by atoms with Crippen LogP contribution in [0, 0.1) is 12.8 Å². The third kappa shape index (κ3) is 3.31. The third-order valence-electron chi connectivity index (χ3n) is 8.28. The van der Waals surface area contributed by atoms with Crippen molar-refractivity contribution >= 4 is 11.6 Å². The molecule has 2 fully saturated rings. The van der Waals surface area contributed by atoms with Crippen molar-refractivity contribution in [3.63, 3.8) is 0 Å². The van der Waals surface area contributed by atoms with E-state index in [2.05, 4.69) is 83.2 Å². The average molecular weight is 427 g/mol. The lowest BCUT2D eigenvalue weighted by Crippen LogP contribution is -2.30. The molecule has 3 aliphatic rings. The van der Waals surface area contributed by atoms with Gasteiger partial charge in [-0.05, 0) is 59.6 Å². The van der Waals surface area contributed by atoms with Crippen LogP contribution < -0.4 is 0 Å². The van der Waals surface area contributed by atoms with Gasteiger partial charge in [0.25, 0.3) is 0 Å². The summed E-state index contributed by atoms with van der Waals surface area (Å²) in [5, 5.41) is 0. The summed E-state index contributed by atoms with van der Waals surface area (Å²) in [6, 6.07) is 13.7. The number of carbonyl (C=O) groups is 2. The second kappa shape index (κ2) is 7.01. The Morgan fingerprint density at radius 1 is 0.781 bits per heavy atom. The highest BCUT2D eigenvalue weighted by molar-refractivity contribution is 6.08. The number of Topliss-reactive ketones (excluding diaryl/α,β-unsaturated/α-hetero) is 2. The highest BCUT2D eigenvalue weighted by Gasteiger charge is 2.48. The summed E-state index contributed by atoms with van der Waals surface area (Å²) in [6.45, 7) is 11.5. The molecule has 2 heteroatoms. The summed E-state index contributed by atoms with van der Waals surface area (Å²) in [7, 11) is 0. The third-order valence-corrected chi connectivity index (χ3v) is 8.28. The number of hydrogen-bond acceptors (Lipinski definition) is 2. The summed E-state index contributed by atoms with van der Waals surface area (Å²) in [5.41, 5.74) is 8.38. The zero-order valence-corrected chi connectivity index (χ0v) is 20.0. The van der Waals surface area contributed by atoms with Crippen molar-refractivity contribution in [1.82, 2.24) is 0 Å². The molecular formula is C30H34O2. The Hall–Kier alpha value is -2.48. The zero-order valence-electron chi connectivity index (χ0n) is 20.0. The van der Waals surface area contributed by atoms with Gasteiger partial charge in [0, 0.05) is 29.1 Å². The Morgan fingerprint density at radius 2 is 1.31 bits per heavy atom. The van der Waals surface area contributed by atoms with Crippen molar-refractivity contribution in [2.45, 2.75) is 83.0 Å². The molecule has 0 radical (unpaired) electrons. The second-order valence-electron chi connectivity index (χ2n) is 11.5. The van der Waals surface area contributed by atoms with Crippen molar-refractivity contribution in [3.8, 4) is 0 Å². The summed E-state index contributed by atoms with van der Waals surface area (Å²) in [6.07, 6.45) is 8.47. The van der Waals surface area contributed by atoms with Gasteiger partial charge in [-0.15, -0.1) is 0 Å². The minimum absolute atomic E-state index is 0.0353. The highest BCUT2D eigenvalue weighted by atomic mass is 16.2. The zero-order chi connectivity index (χ0) is 22.9. The van der Waals surface area contributed by atoms with E-state index < -0.39 is 5.92 Å². The Morgan fingerprint density at radius 3 is 1.84 bits per heavy atom. The fourth-order valence-corrected chi connectivity index (χ4v) is 5.92. The van der Waals surface area contributed by atoms with Crippen LogP contribution in [-0.4, -0.2) is 11.6 Å². The fourth-order valence-electron chi connectivity index (χ4n) is 5.92. The minimum Gasteiger partial charge on any atom is -0.299 e. The first-order chi connectivity index (χ1) is 15.0. The number of carbonyl (C=O) groups excluding carboxylic acids is 2. The SMILES string of the molecule is Cc1cc2c(cc1C1(c3ccc(CC4C(=O)CCC4=O)cc3)CC1)C(C)(C)C=CC2(C)C. The fraction of sp³-hybridized carbons (Fsp3) is 0.467. The molecule has 2 saturated carbocycles. The van der Waals surface area contributed by atoms with E-state index in [9.17, 15) is 9.59 Å². The van der Waals surface area contributed by atoms with E-state index >= 15 is 0 Å². The van der Waals surface area contributed by atoms with Gasteiger partial charge in [-0.25, -0.2) is 0 Å². The van der Waals surface area contributed by atoms with E-state index in [-0.39, 0.29) is 27.8 Å². The molecule has 3 aliphatic carbocycles. The average Bonchev–Trinajstić information content (AvgIpc) is 3.49. The molecule has 0 atom stereocenters. The predicted molar refractivity (Wildman–Crippen MR) is 129 cm³/mol. The molecule has 2 aromatic carbocycles. The smallest absolute Gasteiger partial charge is 0.144 e. The number of hydrogen-bond donors (Lipinski definition) is 0. The molecule has 5 rings (SSSR count). The lowest BCUT2D eigenvalue weighted by Gasteiger charge is -2.38. The molecule has 0 saturated heterocycles.